The predicted molar refractivity (Wildman–Crippen MR) is 142 cm³/mol. The summed E-state index contributed by atoms with van der Waals surface area (Å²) < 4.78 is 0. The van der Waals surface area contributed by atoms with E-state index in [0.717, 1.165) is 27.5 Å². The quantitative estimate of drug-likeness (QED) is 0.204. The molecule has 0 spiro atoms. The highest BCUT2D eigenvalue weighted by Crippen LogP contribution is 2.24. The van der Waals surface area contributed by atoms with Gasteiger partial charge in [0.25, 0.3) is 5.91 Å². The standard InChI is InChI=1S/C28H25ClN4O3/c29-24-15-19(12-13-26(24)34)28(36)33-32-17-21-11-10-20(22-8-4-5-9-23(21)22)16-31-25(27(30)35)14-18-6-2-1-3-7-18/h1-13,15,17,25,31,34H,14,16H2,(H2,30,35)(H,33,36)/t25-/m1/s1. The lowest BCUT2D eigenvalue weighted by molar-refractivity contribution is -0.120. The van der Waals surface area contributed by atoms with Crippen molar-refractivity contribution in [2.45, 2.75) is 19.0 Å². The maximum Gasteiger partial charge on any atom is 0.271 e. The number of rotatable bonds is 9. The fourth-order valence-corrected chi connectivity index (χ4v) is 4.06. The number of nitrogens with zero attached hydrogens (tertiary/aromatic N) is 1. The Kier molecular flexibility index (Phi) is 7.95. The molecule has 4 aromatic rings. The van der Waals surface area contributed by atoms with E-state index in [1.54, 1.807) is 6.21 Å². The minimum atomic E-state index is -0.504. The average molecular weight is 501 g/mol. The molecule has 0 radical (unpaired) electrons. The summed E-state index contributed by atoms with van der Waals surface area (Å²) in [6.45, 7) is 0.455. The Labute approximate surface area is 213 Å². The molecule has 0 aliphatic rings. The van der Waals surface area contributed by atoms with Gasteiger partial charge < -0.3 is 16.2 Å². The van der Waals surface area contributed by atoms with Crippen molar-refractivity contribution in [1.82, 2.24) is 10.7 Å². The third-order valence-electron chi connectivity index (χ3n) is 5.79. The van der Waals surface area contributed by atoms with Gasteiger partial charge in [-0.3, -0.25) is 9.59 Å². The number of phenolic OH excluding ortho intramolecular Hbond substituents is 1. The van der Waals surface area contributed by atoms with E-state index >= 15 is 0 Å². The molecule has 0 saturated heterocycles. The first-order chi connectivity index (χ1) is 17.4. The van der Waals surface area contributed by atoms with Crippen LogP contribution in [0, 0.1) is 0 Å². The van der Waals surface area contributed by atoms with Crippen molar-refractivity contribution in [2.24, 2.45) is 10.8 Å². The first-order valence-corrected chi connectivity index (χ1v) is 11.7. The van der Waals surface area contributed by atoms with Gasteiger partial charge in [-0.15, -0.1) is 0 Å². The highest BCUT2D eigenvalue weighted by molar-refractivity contribution is 6.32. The van der Waals surface area contributed by atoms with Crippen LogP contribution in [0.1, 0.15) is 27.0 Å². The van der Waals surface area contributed by atoms with Gasteiger partial charge in [-0.25, -0.2) is 5.43 Å². The molecule has 0 fully saturated rings. The van der Waals surface area contributed by atoms with Crippen LogP contribution in [-0.4, -0.2) is 29.2 Å². The van der Waals surface area contributed by atoms with Gasteiger partial charge in [0.1, 0.15) is 5.75 Å². The van der Waals surface area contributed by atoms with Crippen molar-refractivity contribution in [3.63, 3.8) is 0 Å². The number of phenols is 1. The van der Waals surface area contributed by atoms with Crippen molar-refractivity contribution >= 4 is 40.4 Å². The van der Waals surface area contributed by atoms with Crippen LogP contribution < -0.4 is 16.5 Å². The van der Waals surface area contributed by atoms with Crippen LogP contribution in [0.2, 0.25) is 5.02 Å². The molecule has 36 heavy (non-hydrogen) atoms. The van der Waals surface area contributed by atoms with Crippen LogP contribution in [0.25, 0.3) is 10.8 Å². The molecule has 0 unspecified atom stereocenters. The van der Waals surface area contributed by atoms with E-state index in [1.807, 2.05) is 66.7 Å². The van der Waals surface area contributed by atoms with E-state index in [0.29, 0.717) is 13.0 Å². The van der Waals surface area contributed by atoms with Crippen LogP contribution in [-0.2, 0) is 17.8 Å². The number of hydrogen-bond acceptors (Lipinski definition) is 5. The highest BCUT2D eigenvalue weighted by Gasteiger charge is 2.16. The number of amides is 2. The van der Waals surface area contributed by atoms with E-state index in [4.69, 9.17) is 17.3 Å². The monoisotopic (exact) mass is 500 g/mol. The normalized spacial score (nSPS) is 12.0. The second-order valence-corrected chi connectivity index (χ2v) is 8.66. The number of carbonyl (C=O) groups excluding carboxylic acids is 2. The van der Waals surface area contributed by atoms with Crippen molar-refractivity contribution in [1.29, 1.82) is 0 Å². The number of benzene rings is 4. The molecule has 8 heteroatoms. The minimum absolute atomic E-state index is 0.0872. The number of nitrogens with two attached hydrogens (primary N) is 1. The van der Waals surface area contributed by atoms with Crippen LogP contribution in [0.3, 0.4) is 0 Å². The zero-order chi connectivity index (χ0) is 25.5. The Morgan fingerprint density at radius 3 is 2.42 bits per heavy atom. The molecule has 0 aliphatic carbocycles. The lowest BCUT2D eigenvalue weighted by Gasteiger charge is -2.17. The number of halogens is 1. The Morgan fingerprint density at radius 2 is 1.69 bits per heavy atom. The van der Waals surface area contributed by atoms with E-state index in [2.05, 4.69) is 15.8 Å². The van der Waals surface area contributed by atoms with Gasteiger partial charge in [-0.05, 0) is 46.5 Å². The topological polar surface area (TPSA) is 117 Å². The number of primary amides is 1. The molecule has 5 N–H and O–H groups in total. The summed E-state index contributed by atoms with van der Waals surface area (Å²) in [6, 6.07) is 25.1. The van der Waals surface area contributed by atoms with Crippen LogP contribution in [0.15, 0.2) is 90.0 Å². The van der Waals surface area contributed by atoms with E-state index in [-0.39, 0.29) is 16.3 Å². The molecule has 2 amide bonds. The molecule has 182 valence electrons. The summed E-state index contributed by atoms with van der Waals surface area (Å²) in [5.41, 5.74) is 11.3. The fourth-order valence-electron chi connectivity index (χ4n) is 3.88. The molecule has 0 saturated carbocycles. The molecule has 0 bridgehead atoms. The number of nitrogens with one attached hydrogen (secondary N) is 2. The molecule has 7 nitrogen and oxygen atoms in total. The largest absolute Gasteiger partial charge is 0.506 e. The lowest BCUT2D eigenvalue weighted by Crippen LogP contribution is -2.42. The van der Waals surface area contributed by atoms with Gasteiger partial charge in [-0.2, -0.15) is 5.10 Å². The third kappa shape index (κ3) is 6.07. The number of carbonyl (C=O) groups is 2. The maximum atomic E-state index is 12.3. The Hall–Kier alpha value is -4.20. The van der Waals surface area contributed by atoms with Crippen LogP contribution >= 0.6 is 11.6 Å². The van der Waals surface area contributed by atoms with Crippen molar-refractivity contribution < 1.29 is 14.7 Å². The molecular formula is C28H25ClN4O3. The third-order valence-corrected chi connectivity index (χ3v) is 6.10. The highest BCUT2D eigenvalue weighted by atomic mass is 35.5. The molecule has 4 aromatic carbocycles. The lowest BCUT2D eigenvalue weighted by atomic mass is 9.99. The van der Waals surface area contributed by atoms with Gasteiger partial charge >= 0.3 is 0 Å². The Bertz CT molecular complexity index is 1420. The fraction of sp³-hybridized carbons (Fsp3) is 0.107. The summed E-state index contributed by atoms with van der Waals surface area (Å²) in [4.78, 5) is 24.4. The first kappa shape index (κ1) is 24.9. The van der Waals surface area contributed by atoms with E-state index in [9.17, 15) is 14.7 Å². The summed E-state index contributed by atoms with van der Waals surface area (Å²) in [5, 5.41) is 18.9. The molecule has 4 rings (SSSR count). The molecule has 1 atom stereocenters. The molecule has 0 aliphatic heterocycles. The van der Waals surface area contributed by atoms with Crippen LogP contribution in [0.5, 0.6) is 5.75 Å². The summed E-state index contributed by atoms with van der Waals surface area (Å²) in [6.07, 6.45) is 2.08. The number of hydrogen-bond donors (Lipinski definition) is 4. The van der Waals surface area contributed by atoms with Gasteiger partial charge in [0, 0.05) is 17.7 Å². The second kappa shape index (κ2) is 11.5. The van der Waals surface area contributed by atoms with E-state index < -0.39 is 17.9 Å². The van der Waals surface area contributed by atoms with Gasteiger partial charge in [0.05, 0.1) is 17.3 Å². The van der Waals surface area contributed by atoms with Gasteiger partial charge in [0.2, 0.25) is 5.91 Å². The van der Waals surface area contributed by atoms with Crippen LogP contribution in [0.4, 0.5) is 0 Å². The van der Waals surface area contributed by atoms with E-state index in [1.165, 1.54) is 18.2 Å². The number of hydrazone groups is 1. The Morgan fingerprint density at radius 1 is 0.972 bits per heavy atom. The zero-order valence-corrected chi connectivity index (χ0v) is 20.1. The predicted octanol–water partition coefficient (Wildman–Crippen LogP) is 4.15. The summed E-state index contributed by atoms with van der Waals surface area (Å²) >= 11 is 5.87. The SMILES string of the molecule is NC(=O)[C@@H](Cc1ccccc1)NCc1ccc(C=NNC(=O)c2ccc(O)c(Cl)c2)c2ccccc12. The number of aromatic hydroxyl groups is 1. The smallest absolute Gasteiger partial charge is 0.271 e. The number of fused-ring (bicyclic) bond motifs is 1. The average Bonchev–Trinajstić information content (AvgIpc) is 2.89. The zero-order valence-electron chi connectivity index (χ0n) is 19.3. The minimum Gasteiger partial charge on any atom is -0.506 e. The molecule has 0 aromatic heterocycles. The maximum absolute atomic E-state index is 12.3. The van der Waals surface area contributed by atoms with Crippen molar-refractivity contribution in [3.05, 3.63) is 112 Å². The first-order valence-electron chi connectivity index (χ1n) is 11.3. The molecular weight excluding hydrogens is 476 g/mol. The van der Waals surface area contributed by atoms with Gasteiger partial charge in [-0.1, -0.05) is 78.3 Å². The molecule has 0 heterocycles. The summed E-state index contributed by atoms with van der Waals surface area (Å²) in [7, 11) is 0. The second-order valence-electron chi connectivity index (χ2n) is 8.25. The summed E-state index contributed by atoms with van der Waals surface area (Å²) in [5.74, 6) is -0.952. The van der Waals surface area contributed by atoms with Crippen molar-refractivity contribution in [2.75, 3.05) is 0 Å². The van der Waals surface area contributed by atoms with Gasteiger partial charge in [0.15, 0.2) is 0 Å². The Balaban J connectivity index is 1.48. The van der Waals surface area contributed by atoms with Crippen molar-refractivity contribution in [3.8, 4) is 5.75 Å².